The maximum absolute atomic E-state index is 12.3. The van der Waals surface area contributed by atoms with Crippen LogP contribution in [0.2, 0.25) is 0 Å². The first-order chi connectivity index (χ1) is 14.1. The van der Waals surface area contributed by atoms with Gasteiger partial charge in [-0.2, -0.15) is 0 Å². The van der Waals surface area contributed by atoms with Crippen molar-refractivity contribution in [2.45, 2.75) is 6.42 Å². The number of methoxy groups -OCH3 is 2. The molecular weight excluding hydrogens is 368 g/mol. The van der Waals surface area contributed by atoms with Crippen LogP contribution in [0.25, 0.3) is 0 Å². The first kappa shape index (κ1) is 20.8. The number of hydrogen-bond acceptors (Lipinski definition) is 6. The molecule has 29 heavy (non-hydrogen) atoms. The molecule has 0 aliphatic carbocycles. The van der Waals surface area contributed by atoms with E-state index in [9.17, 15) is 4.79 Å². The number of likely N-dealkylation sites (N-methyl/N-ethyl adjacent to an activating group) is 1. The van der Waals surface area contributed by atoms with Crippen molar-refractivity contribution in [1.29, 1.82) is 0 Å². The summed E-state index contributed by atoms with van der Waals surface area (Å²) < 4.78 is 10.5. The minimum absolute atomic E-state index is 0.0851. The van der Waals surface area contributed by atoms with Crippen molar-refractivity contribution in [2.75, 3.05) is 69.5 Å². The number of ether oxygens (including phenoxy) is 2. The van der Waals surface area contributed by atoms with Crippen molar-refractivity contribution in [3.63, 3.8) is 0 Å². The van der Waals surface area contributed by atoms with E-state index in [1.807, 2.05) is 0 Å². The number of carbonyl (C=O) groups is 1. The third-order valence-electron chi connectivity index (χ3n) is 5.10. The standard InChI is InChI=1S/C22H30N4O3/c1-25-12-14-26(15-13-25)18-6-4-17(5-7-18)23-11-10-22(27)24-20-16-19(28-2)8-9-21(20)29-3/h4-9,16,23H,10-15H2,1-3H3,(H,24,27). The van der Waals surface area contributed by atoms with Gasteiger partial charge in [0, 0.05) is 56.6 Å². The summed E-state index contributed by atoms with van der Waals surface area (Å²) in [5, 5.41) is 6.19. The van der Waals surface area contributed by atoms with Gasteiger partial charge < -0.3 is 29.9 Å². The molecule has 0 aromatic heterocycles. The fourth-order valence-electron chi connectivity index (χ4n) is 3.30. The highest BCUT2D eigenvalue weighted by atomic mass is 16.5. The molecule has 1 heterocycles. The summed E-state index contributed by atoms with van der Waals surface area (Å²) in [6.45, 7) is 4.83. The van der Waals surface area contributed by atoms with E-state index in [1.54, 1.807) is 32.4 Å². The Morgan fingerprint density at radius 1 is 1.00 bits per heavy atom. The van der Waals surface area contributed by atoms with Gasteiger partial charge in [-0.05, 0) is 43.4 Å². The molecule has 0 unspecified atom stereocenters. The van der Waals surface area contributed by atoms with Gasteiger partial charge in [0.15, 0.2) is 0 Å². The molecule has 0 radical (unpaired) electrons. The first-order valence-corrected chi connectivity index (χ1v) is 9.88. The zero-order valence-electron chi connectivity index (χ0n) is 17.4. The molecule has 2 N–H and O–H groups in total. The van der Waals surface area contributed by atoms with Crippen molar-refractivity contribution in [1.82, 2.24) is 4.90 Å². The lowest BCUT2D eigenvalue weighted by Crippen LogP contribution is -2.44. The summed E-state index contributed by atoms with van der Waals surface area (Å²) >= 11 is 0. The molecule has 0 spiro atoms. The van der Waals surface area contributed by atoms with Crippen LogP contribution >= 0.6 is 0 Å². The highest BCUT2D eigenvalue weighted by Gasteiger charge is 2.14. The molecule has 2 aromatic rings. The van der Waals surface area contributed by atoms with Gasteiger partial charge in [0.1, 0.15) is 11.5 Å². The Morgan fingerprint density at radius 3 is 2.38 bits per heavy atom. The zero-order chi connectivity index (χ0) is 20.6. The summed E-state index contributed by atoms with van der Waals surface area (Å²) in [5.74, 6) is 1.18. The fourth-order valence-corrected chi connectivity index (χ4v) is 3.30. The number of nitrogens with zero attached hydrogens (tertiary/aromatic N) is 2. The van der Waals surface area contributed by atoms with Crippen LogP contribution < -0.4 is 25.0 Å². The van der Waals surface area contributed by atoms with Gasteiger partial charge >= 0.3 is 0 Å². The van der Waals surface area contributed by atoms with E-state index < -0.39 is 0 Å². The van der Waals surface area contributed by atoms with E-state index in [2.05, 4.69) is 51.7 Å². The largest absolute Gasteiger partial charge is 0.497 e. The second kappa shape index (κ2) is 10.0. The monoisotopic (exact) mass is 398 g/mol. The van der Waals surface area contributed by atoms with Crippen molar-refractivity contribution < 1.29 is 14.3 Å². The van der Waals surface area contributed by atoms with Gasteiger partial charge in [-0.15, -0.1) is 0 Å². The van der Waals surface area contributed by atoms with Crippen LogP contribution in [0, 0.1) is 0 Å². The number of benzene rings is 2. The zero-order valence-corrected chi connectivity index (χ0v) is 17.4. The van der Waals surface area contributed by atoms with E-state index in [0.29, 0.717) is 30.2 Å². The Labute approximate surface area is 172 Å². The third kappa shape index (κ3) is 5.77. The molecule has 3 rings (SSSR count). The predicted octanol–water partition coefficient (Wildman–Crippen LogP) is 2.90. The number of rotatable bonds is 8. The van der Waals surface area contributed by atoms with Crippen LogP contribution in [0.4, 0.5) is 17.1 Å². The van der Waals surface area contributed by atoms with Crippen LogP contribution in [0.15, 0.2) is 42.5 Å². The number of anilines is 3. The second-order valence-electron chi connectivity index (χ2n) is 7.13. The first-order valence-electron chi connectivity index (χ1n) is 9.88. The number of hydrogen-bond donors (Lipinski definition) is 2. The Kier molecular flexibility index (Phi) is 7.19. The Hall–Kier alpha value is -2.93. The summed E-state index contributed by atoms with van der Waals surface area (Å²) in [6, 6.07) is 13.7. The van der Waals surface area contributed by atoms with Crippen LogP contribution in [-0.4, -0.2) is 64.8 Å². The van der Waals surface area contributed by atoms with Gasteiger partial charge in [-0.3, -0.25) is 4.79 Å². The van der Waals surface area contributed by atoms with Gasteiger partial charge in [0.25, 0.3) is 0 Å². The summed E-state index contributed by atoms with van der Waals surface area (Å²) in [6.07, 6.45) is 0.348. The number of piperazine rings is 1. The Morgan fingerprint density at radius 2 is 1.72 bits per heavy atom. The minimum atomic E-state index is -0.0851. The fraction of sp³-hybridized carbons (Fsp3) is 0.409. The number of carbonyl (C=O) groups excluding carboxylic acids is 1. The molecule has 2 aromatic carbocycles. The molecule has 0 atom stereocenters. The molecule has 156 valence electrons. The van der Waals surface area contributed by atoms with Crippen LogP contribution in [-0.2, 0) is 4.79 Å². The summed E-state index contributed by atoms with van der Waals surface area (Å²) in [4.78, 5) is 17.0. The Balaban J connectivity index is 1.47. The lowest BCUT2D eigenvalue weighted by Gasteiger charge is -2.34. The average molecular weight is 399 g/mol. The maximum Gasteiger partial charge on any atom is 0.226 e. The predicted molar refractivity (Wildman–Crippen MR) is 117 cm³/mol. The van der Waals surface area contributed by atoms with Crippen molar-refractivity contribution in [3.05, 3.63) is 42.5 Å². The lowest BCUT2D eigenvalue weighted by molar-refractivity contribution is -0.116. The lowest BCUT2D eigenvalue weighted by atomic mass is 10.2. The average Bonchev–Trinajstić information content (AvgIpc) is 2.75. The number of nitrogens with one attached hydrogen (secondary N) is 2. The topological polar surface area (TPSA) is 66.1 Å². The molecule has 0 bridgehead atoms. The van der Waals surface area contributed by atoms with E-state index in [0.717, 1.165) is 31.9 Å². The highest BCUT2D eigenvalue weighted by molar-refractivity contribution is 5.92. The molecule has 0 saturated carbocycles. The van der Waals surface area contributed by atoms with E-state index in [-0.39, 0.29) is 5.91 Å². The quantitative estimate of drug-likeness (QED) is 0.713. The van der Waals surface area contributed by atoms with Gasteiger partial charge in [0.05, 0.1) is 19.9 Å². The molecule has 1 fully saturated rings. The van der Waals surface area contributed by atoms with Crippen LogP contribution in [0.3, 0.4) is 0 Å². The smallest absolute Gasteiger partial charge is 0.226 e. The molecule has 1 amide bonds. The normalized spacial score (nSPS) is 14.4. The highest BCUT2D eigenvalue weighted by Crippen LogP contribution is 2.29. The third-order valence-corrected chi connectivity index (χ3v) is 5.10. The molecule has 7 heteroatoms. The van der Waals surface area contributed by atoms with E-state index >= 15 is 0 Å². The summed E-state index contributed by atoms with van der Waals surface area (Å²) in [5.41, 5.74) is 2.86. The van der Waals surface area contributed by atoms with E-state index in [4.69, 9.17) is 9.47 Å². The summed E-state index contributed by atoms with van der Waals surface area (Å²) in [7, 11) is 5.32. The van der Waals surface area contributed by atoms with Crippen molar-refractivity contribution in [2.24, 2.45) is 0 Å². The van der Waals surface area contributed by atoms with Gasteiger partial charge in [-0.25, -0.2) is 0 Å². The van der Waals surface area contributed by atoms with E-state index in [1.165, 1.54) is 5.69 Å². The molecular formula is C22H30N4O3. The molecule has 1 aliphatic rings. The van der Waals surface area contributed by atoms with Crippen molar-refractivity contribution >= 4 is 23.0 Å². The molecule has 1 saturated heterocycles. The van der Waals surface area contributed by atoms with Gasteiger partial charge in [0.2, 0.25) is 5.91 Å². The SMILES string of the molecule is COc1ccc(OC)c(NC(=O)CCNc2ccc(N3CCN(C)CC3)cc2)c1. The molecule has 7 nitrogen and oxygen atoms in total. The second-order valence-corrected chi connectivity index (χ2v) is 7.13. The minimum Gasteiger partial charge on any atom is -0.497 e. The number of amides is 1. The van der Waals surface area contributed by atoms with Crippen molar-refractivity contribution in [3.8, 4) is 11.5 Å². The molecule has 1 aliphatic heterocycles. The van der Waals surface area contributed by atoms with Crippen LogP contribution in [0.5, 0.6) is 11.5 Å². The maximum atomic E-state index is 12.3. The van der Waals surface area contributed by atoms with Gasteiger partial charge in [-0.1, -0.05) is 0 Å². The van der Waals surface area contributed by atoms with Crippen LogP contribution in [0.1, 0.15) is 6.42 Å². The Bertz CT molecular complexity index is 802.